The summed E-state index contributed by atoms with van der Waals surface area (Å²) in [5.41, 5.74) is 1.01. The number of hydrogen-bond acceptors (Lipinski definition) is 4. The van der Waals surface area contributed by atoms with Crippen molar-refractivity contribution in [3.8, 4) is 5.69 Å². The summed E-state index contributed by atoms with van der Waals surface area (Å²) in [6.07, 6.45) is 2.37. The number of Topliss-reactive ketones (excluding diaryl/α,β-unsaturated/α-hetero) is 1. The number of aromatic nitrogens is 3. The Kier molecular flexibility index (Phi) is 2.95. The molecule has 0 aliphatic heterocycles. The number of benzene rings is 1. The van der Waals surface area contributed by atoms with Crippen LogP contribution in [0, 0.1) is 0 Å². The Morgan fingerprint density at radius 2 is 2.18 bits per heavy atom. The minimum atomic E-state index is -1.14. The zero-order valence-corrected chi connectivity index (χ0v) is 8.78. The lowest BCUT2D eigenvalue weighted by Gasteiger charge is -2.02. The quantitative estimate of drug-likeness (QED) is 0.624. The lowest BCUT2D eigenvalue weighted by atomic mass is 10.1. The molecule has 0 amide bonds. The zero-order chi connectivity index (χ0) is 12.3. The fourth-order valence-corrected chi connectivity index (χ4v) is 1.40. The van der Waals surface area contributed by atoms with Gasteiger partial charge in [0, 0.05) is 5.56 Å². The normalized spacial score (nSPS) is 10.1. The molecule has 0 spiro atoms. The van der Waals surface area contributed by atoms with Crippen molar-refractivity contribution in [2.75, 3.05) is 0 Å². The number of rotatable bonds is 4. The van der Waals surface area contributed by atoms with E-state index in [1.54, 1.807) is 24.3 Å². The van der Waals surface area contributed by atoms with Gasteiger partial charge in [0.25, 0.3) is 0 Å². The molecule has 0 saturated heterocycles. The van der Waals surface area contributed by atoms with Gasteiger partial charge in [-0.15, -0.1) is 0 Å². The van der Waals surface area contributed by atoms with Gasteiger partial charge in [0.05, 0.1) is 5.69 Å². The average molecular weight is 231 g/mol. The van der Waals surface area contributed by atoms with Crippen LogP contribution in [-0.4, -0.2) is 31.6 Å². The van der Waals surface area contributed by atoms with E-state index in [4.69, 9.17) is 5.11 Å². The van der Waals surface area contributed by atoms with Gasteiger partial charge >= 0.3 is 5.97 Å². The van der Waals surface area contributed by atoms with E-state index in [9.17, 15) is 9.59 Å². The van der Waals surface area contributed by atoms with Crippen LogP contribution in [0.4, 0.5) is 0 Å². The Morgan fingerprint density at radius 1 is 1.35 bits per heavy atom. The highest BCUT2D eigenvalue weighted by Gasteiger charge is 2.11. The second kappa shape index (κ2) is 4.56. The van der Waals surface area contributed by atoms with Crippen LogP contribution in [0.2, 0.25) is 0 Å². The van der Waals surface area contributed by atoms with Gasteiger partial charge in [-0.1, -0.05) is 12.1 Å². The molecule has 0 atom stereocenters. The number of carboxylic acids is 1. The van der Waals surface area contributed by atoms with E-state index >= 15 is 0 Å². The van der Waals surface area contributed by atoms with Crippen molar-refractivity contribution in [2.24, 2.45) is 0 Å². The summed E-state index contributed by atoms with van der Waals surface area (Å²) in [4.78, 5) is 25.8. The Bertz CT molecular complexity index is 549. The topological polar surface area (TPSA) is 85.1 Å². The number of carbonyl (C=O) groups excluding carboxylic acids is 1. The van der Waals surface area contributed by atoms with Crippen molar-refractivity contribution < 1.29 is 14.7 Å². The van der Waals surface area contributed by atoms with Crippen LogP contribution in [0.1, 0.15) is 16.8 Å². The van der Waals surface area contributed by atoms with Gasteiger partial charge in [0.2, 0.25) is 0 Å². The number of hydrogen-bond donors (Lipinski definition) is 1. The first-order valence-electron chi connectivity index (χ1n) is 4.87. The number of aliphatic carboxylic acids is 1. The Labute approximate surface area is 96.5 Å². The van der Waals surface area contributed by atoms with Gasteiger partial charge in [-0.05, 0) is 12.1 Å². The van der Waals surface area contributed by atoms with E-state index in [1.807, 2.05) is 0 Å². The first kappa shape index (κ1) is 11.0. The number of ketones is 1. The van der Waals surface area contributed by atoms with Crippen molar-refractivity contribution >= 4 is 11.8 Å². The van der Waals surface area contributed by atoms with Gasteiger partial charge in [0.1, 0.15) is 19.1 Å². The molecular weight excluding hydrogens is 222 g/mol. The minimum Gasteiger partial charge on any atom is -0.481 e. The summed E-state index contributed by atoms with van der Waals surface area (Å²) >= 11 is 0. The second-order valence-electron chi connectivity index (χ2n) is 3.38. The predicted molar refractivity (Wildman–Crippen MR) is 57.9 cm³/mol. The SMILES string of the molecule is O=C(O)CC(=O)c1cccc(-n2cncn2)c1. The van der Waals surface area contributed by atoms with Crippen molar-refractivity contribution in [3.05, 3.63) is 42.5 Å². The maximum absolute atomic E-state index is 11.6. The maximum atomic E-state index is 11.6. The number of carbonyl (C=O) groups is 2. The van der Waals surface area contributed by atoms with Gasteiger partial charge < -0.3 is 5.11 Å². The van der Waals surface area contributed by atoms with E-state index in [1.165, 1.54) is 17.3 Å². The maximum Gasteiger partial charge on any atom is 0.311 e. The van der Waals surface area contributed by atoms with Crippen LogP contribution in [-0.2, 0) is 4.79 Å². The molecule has 0 fully saturated rings. The third-order valence-electron chi connectivity index (χ3n) is 2.16. The lowest BCUT2D eigenvalue weighted by molar-refractivity contribution is -0.135. The first-order chi connectivity index (χ1) is 8.16. The molecule has 2 rings (SSSR count). The Morgan fingerprint density at radius 3 is 2.82 bits per heavy atom. The summed E-state index contributed by atoms with van der Waals surface area (Å²) in [6, 6.07) is 6.59. The van der Waals surface area contributed by atoms with E-state index in [0.717, 1.165) is 0 Å². The van der Waals surface area contributed by atoms with Gasteiger partial charge in [-0.25, -0.2) is 9.67 Å². The smallest absolute Gasteiger partial charge is 0.311 e. The fourth-order valence-electron chi connectivity index (χ4n) is 1.40. The summed E-state index contributed by atoms with van der Waals surface area (Å²) in [5.74, 6) is -1.57. The summed E-state index contributed by atoms with van der Waals surface area (Å²) in [6.45, 7) is 0. The van der Waals surface area contributed by atoms with Crippen LogP contribution >= 0.6 is 0 Å². The highest BCUT2D eigenvalue weighted by atomic mass is 16.4. The molecule has 1 aromatic heterocycles. The molecule has 0 saturated carbocycles. The van der Waals surface area contributed by atoms with Crippen molar-refractivity contribution in [3.63, 3.8) is 0 Å². The highest BCUT2D eigenvalue weighted by molar-refractivity contribution is 6.05. The van der Waals surface area contributed by atoms with Gasteiger partial charge in [0.15, 0.2) is 5.78 Å². The van der Waals surface area contributed by atoms with Crippen LogP contribution in [0.25, 0.3) is 5.69 Å². The van der Waals surface area contributed by atoms with Gasteiger partial charge in [-0.2, -0.15) is 5.10 Å². The molecule has 0 aliphatic carbocycles. The highest BCUT2D eigenvalue weighted by Crippen LogP contribution is 2.10. The molecule has 0 unspecified atom stereocenters. The molecule has 17 heavy (non-hydrogen) atoms. The Balaban J connectivity index is 2.29. The molecule has 6 nitrogen and oxygen atoms in total. The summed E-state index contributed by atoms with van der Waals surface area (Å²) in [7, 11) is 0. The molecule has 1 N–H and O–H groups in total. The molecular formula is C11H9N3O3. The minimum absolute atomic E-state index is 0.348. The number of nitrogens with zero attached hydrogens (tertiary/aromatic N) is 3. The van der Waals surface area contributed by atoms with E-state index in [0.29, 0.717) is 11.3 Å². The van der Waals surface area contributed by atoms with E-state index in [-0.39, 0.29) is 0 Å². The van der Waals surface area contributed by atoms with Crippen LogP contribution in [0.5, 0.6) is 0 Å². The van der Waals surface area contributed by atoms with Crippen LogP contribution in [0.15, 0.2) is 36.9 Å². The summed E-state index contributed by atoms with van der Waals surface area (Å²) in [5, 5.41) is 12.5. The molecule has 1 aromatic carbocycles. The summed E-state index contributed by atoms with van der Waals surface area (Å²) < 4.78 is 1.50. The van der Waals surface area contributed by atoms with Crippen LogP contribution < -0.4 is 0 Å². The third-order valence-corrected chi connectivity index (χ3v) is 2.16. The fraction of sp³-hybridized carbons (Fsp3) is 0.0909. The van der Waals surface area contributed by atoms with E-state index < -0.39 is 18.2 Å². The second-order valence-corrected chi connectivity index (χ2v) is 3.38. The van der Waals surface area contributed by atoms with Crippen molar-refractivity contribution in [1.29, 1.82) is 0 Å². The van der Waals surface area contributed by atoms with E-state index in [2.05, 4.69) is 10.1 Å². The third kappa shape index (κ3) is 2.54. The van der Waals surface area contributed by atoms with Crippen molar-refractivity contribution in [2.45, 2.75) is 6.42 Å². The molecule has 1 heterocycles. The first-order valence-corrected chi connectivity index (χ1v) is 4.87. The molecule has 0 aliphatic rings. The molecule has 0 radical (unpaired) electrons. The predicted octanol–water partition coefficient (Wildman–Crippen LogP) is 0.925. The molecule has 2 aromatic rings. The molecule has 86 valence electrons. The zero-order valence-electron chi connectivity index (χ0n) is 8.78. The monoisotopic (exact) mass is 231 g/mol. The van der Waals surface area contributed by atoms with Gasteiger partial charge in [-0.3, -0.25) is 9.59 Å². The number of carboxylic acid groups (broad SMARTS) is 1. The average Bonchev–Trinajstić information content (AvgIpc) is 2.82. The lowest BCUT2D eigenvalue weighted by Crippen LogP contribution is -2.07. The Hall–Kier alpha value is -2.50. The van der Waals surface area contributed by atoms with Crippen LogP contribution in [0.3, 0.4) is 0 Å². The standard InChI is InChI=1S/C11H9N3O3/c15-10(5-11(16)17)8-2-1-3-9(4-8)14-7-12-6-13-14/h1-4,6-7H,5H2,(H,16,17). The molecule has 6 heteroatoms. The molecule has 0 bridgehead atoms. The van der Waals surface area contributed by atoms with Crippen molar-refractivity contribution in [1.82, 2.24) is 14.8 Å². The largest absolute Gasteiger partial charge is 0.481 e.